The molecule has 0 aliphatic heterocycles. The van der Waals surface area contributed by atoms with E-state index in [-0.39, 0.29) is 5.75 Å². The molecule has 0 saturated heterocycles. The van der Waals surface area contributed by atoms with Crippen LogP contribution in [0.1, 0.15) is 11.1 Å². The van der Waals surface area contributed by atoms with E-state index < -0.39 is 5.79 Å². The Morgan fingerprint density at radius 3 is 1.32 bits per heavy atom. The SMILES string of the molecule is Oc1ccc(OC(Oc2ccccc2)(c2ccccc2)c2ccccc2)cc1. The molecule has 0 radical (unpaired) electrons. The number of ether oxygens (including phenoxy) is 2. The molecule has 0 unspecified atom stereocenters. The van der Waals surface area contributed by atoms with Gasteiger partial charge in [-0.25, -0.2) is 0 Å². The fraction of sp³-hybridized carbons (Fsp3) is 0.0400. The van der Waals surface area contributed by atoms with Crippen molar-refractivity contribution in [1.29, 1.82) is 0 Å². The monoisotopic (exact) mass is 368 g/mol. The van der Waals surface area contributed by atoms with E-state index in [4.69, 9.17) is 9.47 Å². The lowest BCUT2D eigenvalue weighted by molar-refractivity contribution is -0.0844. The predicted molar refractivity (Wildman–Crippen MR) is 109 cm³/mol. The summed E-state index contributed by atoms with van der Waals surface area (Å²) in [5.41, 5.74) is 1.72. The Bertz CT molecular complexity index is 958. The first-order valence-electron chi connectivity index (χ1n) is 9.09. The molecular formula is C25H20O3. The van der Waals surface area contributed by atoms with Crippen molar-refractivity contribution in [1.82, 2.24) is 0 Å². The third kappa shape index (κ3) is 3.69. The summed E-state index contributed by atoms with van der Waals surface area (Å²) in [4.78, 5) is 0. The molecule has 0 aliphatic rings. The van der Waals surface area contributed by atoms with Crippen LogP contribution in [0, 0.1) is 0 Å². The van der Waals surface area contributed by atoms with Crippen molar-refractivity contribution >= 4 is 0 Å². The number of rotatable bonds is 6. The standard InChI is InChI=1S/C25H20O3/c26-22-16-18-24(19-17-22)28-25(20-10-4-1-5-11-20,21-12-6-2-7-13-21)27-23-14-8-3-9-15-23/h1-19,26H. The maximum Gasteiger partial charge on any atom is 0.305 e. The van der Waals surface area contributed by atoms with Gasteiger partial charge in [-0.15, -0.1) is 0 Å². The summed E-state index contributed by atoms with van der Waals surface area (Å²) >= 11 is 0. The highest BCUT2D eigenvalue weighted by Crippen LogP contribution is 2.37. The Balaban J connectivity index is 1.89. The number of aromatic hydroxyl groups is 1. The molecule has 3 heteroatoms. The van der Waals surface area contributed by atoms with E-state index in [1.165, 1.54) is 0 Å². The van der Waals surface area contributed by atoms with E-state index in [2.05, 4.69) is 0 Å². The summed E-state index contributed by atoms with van der Waals surface area (Å²) in [5, 5.41) is 9.64. The Kier molecular flexibility index (Phi) is 4.98. The van der Waals surface area contributed by atoms with Crippen LogP contribution < -0.4 is 9.47 Å². The van der Waals surface area contributed by atoms with Crippen LogP contribution in [0.4, 0.5) is 0 Å². The lowest BCUT2D eigenvalue weighted by Crippen LogP contribution is -2.40. The van der Waals surface area contributed by atoms with Gasteiger partial charge in [-0.2, -0.15) is 0 Å². The first-order valence-corrected chi connectivity index (χ1v) is 9.09. The lowest BCUT2D eigenvalue weighted by Gasteiger charge is -2.35. The van der Waals surface area contributed by atoms with Crippen molar-refractivity contribution in [3.8, 4) is 17.2 Å². The maximum atomic E-state index is 9.64. The minimum atomic E-state index is -1.19. The topological polar surface area (TPSA) is 38.7 Å². The van der Waals surface area contributed by atoms with Gasteiger partial charge in [0, 0.05) is 11.1 Å². The van der Waals surface area contributed by atoms with E-state index in [0.29, 0.717) is 11.5 Å². The average molecular weight is 368 g/mol. The Hall–Kier alpha value is -3.72. The predicted octanol–water partition coefficient (Wildman–Crippen LogP) is 5.75. The van der Waals surface area contributed by atoms with Crippen LogP contribution in [-0.4, -0.2) is 5.11 Å². The van der Waals surface area contributed by atoms with Crippen LogP contribution in [0.2, 0.25) is 0 Å². The molecule has 0 saturated carbocycles. The number of para-hydroxylation sites is 1. The lowest BCUT2D eigenvalue weighted by atomic mass is 9.96. The zero-order valence-corrected chi connectivity index (χ0v) is 15.2. The zero-order chi connectivity index (χ0) is 19.2. The van der Waals surface area contributed by atoms with Gasteiger partial charge in [0.25, 0.3) is 0 Å². The van der Waals surface area contributed by atoms with Gasteiger partial charge >= 0.3 is 5.79 Å². The molecule has 0 aromatic heterocycles. The molecule has 28 heavy (non-hydrogen) atoms. The molecule has 0 aliphatic carbocycles. The van der Waals surface area contributed by atoms with E-state index in [0.717, 1.165) is 11.1 Å². The fourth-order valence-electron chi connectivity index (χ4n) is 3.07. The van der Waals surface area contributed by atoms with Gasteiger partial charge in [0.2, 0.25) is 0 Å². The van der Waals surface area contributed by atoms with Crippen molar-refractivity contribution < 1.29 is 14.6 Å². The molecule has 4 aromatic carbocycles. The highest BCUT2D eigenvalue weighted by atomic mass is 16.7. The van der Waals surface area contributed by atoms with Gasteiger partial charge in [-0.3, -0.25) is 0 Å². The molecular weight excluding hydrogens is 348 g/mol. The summed E-state index contributed by atoms with van der Waals surface area (Å²) in [6.45, 7) is 0. The summed E-state index contributed by atoms with van der Waals surface area (Å²) in [6.07, 6.45) is 0. The second kappa shape index (κ2) is 7.89. The summed E-state index contributed by atoms with van der Waals surface area (Å²) in [7, 11) is 0. The summed E-state index contributed by atoms with van der Waals surface area (Å²) in [5.74, 6) is 0.262. The van der Waals surface area contributed by atoms with Gasteiger partial charge in [-0.1, -0.05) is 78.9 Å². The minimum absolute atomic E-state index is 0.182. The molecule has 4 rings (SSSR count). The van der Waals surface area contributed by atoms with Crippen LogP contribution in [0.15, 0.2) is 115 Å². The maximum absolute atomic E-state index is 9.64. The molecule has 0 heterocycles. The van der Waals surface area contributed by atoms with Crippen molar-refractivity contribution in [3.63, 3.8) is 0 Å². The Morgan fingerprint density at radius 1 is 0.464 bits per heavy atom. The molecule has 0 amide bonds. The summed E-state index contributed by atoms with van der Waals surface area (Å²) in [6, 6.07) is 35.9. The minimum Gasteiger partial charge on any atom is -0.508 e. The molecule has 138 valence electrons. The van der Waals surface area contributed by atoms with Gasteiger partial charge in [0.1, 0.15) is 17.2 Å². The van der Waals surface area contributed by atoms with Crippen LogP contribution >= 0.6 is 0 Å². The van der Waals surface area contributed by atoms with E-state index in [9.17, 15) is 5.11 Å². The van der Waals surface area contributed by atoms with Crippen LogP contribution in [0.25, 0.3) is 0 Å². The van der Waals surface area contributed by atoms with Gasteiger partial charge < -0.3 is 14.6 Å². The molecule has 0 bridgehead atoms. The number of phenols is 1. The smallest absolute Gasteiger partial charge is 0.305 e. The first kappa shape index (κ1) is 17.7. The van der Waals surface area contributed by atoms with Crippen LogP contribution in [0.3, 0.4) is 0 Å². The Morgan fingerprint density at radius 2 is 0.857 bits per heavy atom. The van der Waals surface area contributed by atoms with E-state index in [1.54, 1.807) is 24.3 Å². The second-order valence-electron chi connectivity index (χ2n) is 6.36. The molecule has 3 nitrogen and oxygen atoms in total. The van der Waals surface area contributed by atoms with Crippen molar-refractivity contribution in [2.45, 2.75) is 5.79 Å². The van der Waals surface area contributed by atoms with Gasteiger partial charge in [0.05, 0.1) is 0 Å². The highest BCUT2D eigenvalue weighted by molar-refractivity contribution is 5.39. The quantitative estimate of drug-likeness (QED) is 0.440. The zero-order valence-electron chi connectivity index (χ0n) is 15.2. The number of hydrogen-bond donors (Lipinski definition) is 1. The third-order valence-corrected chi connectivity index (χ3v) is 4.41. The molecule has 0 spiro atoms. The number of hydrogen-bond acceptors (Lipinski definition) is 3. The van der Waals surface area contributed by atoms with Crippen LogP contribution in [0.5, 0.6) is 17.2 Å². The number of phenolic OH excluding ortho intramolecular Hbond substituents is 1. The second-order valence-corrected chi connectivity index (χ2v) is 6.36. The molecule has 1 N–H and O–H groups in total. The Labute approximate surface area is 164 Å². The highest BCUT2D eigenvalue weighted by Gasteiger charge is 2.39. The van der Waals surface area contributed by atoms with Crippen molar-refractivity contribution in [3.05, 3.63) is 126 Å². The third-order valence-electron chi connectivity index (χ3n) is 4.41. The van der Waals surface area contributed by atoms with Crippen molar-refractivity contribution in [2.75, 3.05) is 0 Å². The molecule has 0 fully saturated rings. The molecule has 0 atom stereocenters. The largest absolute Gasteiger partial charge is 0.508 e. The first-order chi connectivity index (χ1) is 13.8. The average Bonchev–Trinajstić information content (AvgIpc) is 2.77. The van der Waals surface area contributed by atoms with E-state index in [1.807, 2.05) is 91.0 Å². The van der Waals surface area contributed by atoms with Gasteiger partial charge in [-0.05, 0) is 36.4 Å². The normalized spacial score (nSPS) is 11.0. The number of benzene rings is 4. The van der Waals surface area contributed by atoms with E-state index >= 15 is 0 Å². The fourth-order valence-corrected chi connectivity index (χ4v) is 3.07. The van der Waals surface area contributed by atoms with Crippen LogP contribution in [-0.2, 0) is 5.79 Å². The summed E-state index contributed by atoms with van der Waals surface area (Å²) < 4.78 is 13.0. The van der Waals surface area contributed by atoms with Crippen molar-refractivity contribution in [2.24, 2.45) is 0 Å². The van der Waals surface area contributed by atoms with Gasteiger partial charge in [0.15, 0.2) is 0 Å². The molecule has 4 aromatic rings.